The molecular weight excluding hydrogens is 398 g/mol. The maximum atomic E-state index is 4.35. The van der Waals surface area contributed by atoms with Crippen molar-refractivity contribution in [3.05, 3.63) is 24.9 Å². The highest BCUT2D eigenvalue weighted by molar-refractivity contribution is 4.98. The van der Waals surface area contributed by atoms with Crippen molar-refractivity contribution in [2.24, 2.45) is 5.92 Å². The highest BCUT2D eigenvalue weighted by Gasteiger charge is 2.17. The van der Waals surface area contributed by atoms with Gasteiger partial charge in [0.25, 0.3) is 0 Å². The maximum Gasteiger partial charge on any atom is 0.0311 e. The van der Waals surface area contributed by atoms with Gasteiger partial charge in [-0.3, -0.25) is 0 Å². The summed E-state index contributed by atoms with van der Waals surface area (Å²) in [4.78, 5) is 0. The Morgan fingerprint density at radius 1 is 0.727 bits per heavy atom. The summed E-state index contributed by atoms with van der Waals surface area (Å²) in [5, 5.41) is 3.68. The Kier molecular flexibility index (Phi) is 32.7. The molecule has 0 amide bonds. The normalized spacial score (nSPS) is 11.5. The molecule has 1 heteroatoms. The van der Waals surface area contributed by atoms with Crippen molar-refractivity contribution >= 4 is 0 Å². The van der Waals surface area contributed by atoms with Gasteiger partial charge in [0.05, 0.1) is 0 Å². The third kappa shape index (κ3) is 33.5. The standard InChI is InChI=1S/C26H53N.C3H8.C3H6/c1-7-10-12-14-15-16-17-18-20-22-25(21-19-13-11-8-2)23-24(4)27-26(5,6)9-3;2*1-3-2/h25,27H,4,7-23H2,1-3,5-6H3;3H2,1-2H3;3H,1H2,2H3. The fourth-order valence-corrected chi connectivity index (χ4v) is 3.92. The zero-order valence-electron chi connectivity index (χ0n) is 24.8. The van der Waals surface area contributed by atoms with E-state index >= 15 is 0 Å². The lowest BCUT2D eigenvalue weighted by Gasteiger charge is -2.29. The predicted molar refractivity (Wildman–Crippen MR) is 157 cm³/mol. The minimum absolute atomic E-state index is 0.182. The van der Waals surface area contributed by atoms with Gasteiger partial charge in [-0.25, -0.2) is 0 Å². The molecule has 200 valence electrons. The van der Waals surface area contributed by atoms with Gasteiger partial charge >= 0.3 is 0 Å². The molecule has 0 fully saturated rings. The van der Waals surface area contributed by atoms with Crippen LogP contribution in [0.15, 0.2) is 24.9 Å². The zero-order chi connectivity index (χ0) is 25.8. The van der Waals surface area contributed by atoms with Gasteiger partial charge in [0.1, 0.15) is 0 Å². The van der Waals surface area contributed by atoms with E-state index in [9.17, 15) is 0 Å². The summed E-state index contributed by atoms with van der Waals surface area (Å²) in [5.41, 5.74) is 1.44. The number of allylic oxidation sites excluding steroid dienone is 2. The molecule has 0 saturated heterocycles. The third-order valence-corrected chi connectivity index (χ3v) is 6.12. The molecule has 1 atom stereocenters. The van der Waals surface area contributed by atoms with Crippen LogP contribution in [-0.2, 0) is 0 Å². The lowest BCUT2D eigenvalue weighted by molar-refractivity contribution is 0.362. The Hall–Kier alpha value is -0.720. The Labute approximate surface area is 212 Å². The molecule has 0 aromatic rings. The van der Waals surface area contributed by atoms with Crippen molar-refractivity contribution in [2.45, 2.75) is 177 Å². The summed E-state index contributed by atoms with van der Waals surface area (Å²) < 4.78 is 0. The van der Waals surface area contributed by atoms with Gasteiger partial charge < -0.3 is 5.32 Å². The molecule has 0 aliphatic heterocycles. The lowest BCUT2D eigenvalue weighted by atomic mass is 9.90. The molecule has 0 heterocycles. The molecule has 1 unspecified atom stereocenters. The van der Waals surface area contributed by atoms with E-state index in [0.717, 1.165) is 12.3 Å². The van der Waals surface area contributed by atoms with E-state index in [1.165, 1.54) is 115 Å². The minimum Gasteiger partial charge on any atom is -0.384 e. The van der Waals surface area contributed by atoms with Crippen molar-refractivity contribution in [3.63, 3.8) is 0 Å². The first kappa shape index (κ1) is 36.8. The summed E-state index contributed by atoms with van der Waals surface area (Å²) in [5.74, 6) is 0.832. The summed E-state index contributed by atoms with van der Waals surface area (Å²) in [7, 11) is 0. The fourth-order valence-electron chi connectivity index (χ4n) is 3.92. The fraction of sp³-hybridized carbons (Fsp3) is 0.875. The van der Waals surface area contributed by atoms with Crippen molar-refractivity contribution in [1.29, 1.82) is 0 Å². The van der Waals surface area contributed by atoms with E-state index in [-0.39, 0.29) is 5.54 Å². The number of nitrogens with one attached hydrogen (secondary N) is 1. The second-order valence-corrected chi connectivity index (χ2v) is 10.6. The first-order valence-electron chi connectivity index (χ1n) is 14.8. The van der Waals surface area contributed by atoms with Crippen LogP contribution in [-0.4, -0.2) is 5.54 Å². The molecule has 0 aromatic carbocycles. The van der Waals surface area contributed by atoms with Gasteiger partial charge in [0, 0.05) is 11.2 Å². The highest BCUT2D eigenvalue weighted by atomic mass is 15.0. The monoisotopic (exact) mass is 466 g/mol. The Bertz CT molecular complexity index is 382. The van der Waals surface area contributed by atoms with Crippen molar-refractivity contribution in [3.8, 4) is 0 Å². The number of unbranched alkanes of at least 4 members (excludes halogenated alkanes) is 11. The van der Waals surface area contributed by atoms with E-state index < -0.39 is 0 Å². The lowest BCUT2D eigenvalue weighted by Crippen LogP contribution is -2.37. The van der Waals surface area contributed by atoms with Gasteiger partial charge in [-0.1, -0.05) is 150 Å². The molecule has 0 saturated carbocycles. The molecular formula is C32H67N. The maximum absolute atomic E-state index is 4.35. The number of hydrogen-bond donors (Lipinski definition) is 1. The molecule has 1 nitrogen and oxygen atoms in total. The topological polar surface area (TPSA) is 12.0 Å². The second kappa shape index (κ2) is 29.3. The third-order valence-electron chi connectivity index (χ3n) is 6.12. The van der Waals surface area contributed by atoms with Crippen LogP contribution in [0.3, 0.4) is 0 Å². The molecule has 0 aliphatic rings. The smallest absolute Gasteiger partial charge is 0.0311 e. The summed E-state index contributed by atoms with van der Waals surface area (Å²) >= 11 is 0. The predicted octanol–water partition coefficient (Wildman–Crippen LogP) is 11.8. The SMILES string of the molecule is C=C(CC(CCCCCC)CCCCCCCCCCC)NC(C)(C)CC.C=CC.CCC. The quantitative estimate of drug-likeness (QED) is 0.139. The van der Waals surface area contributed by atoms with E-state index in [0.29, 0.717) is 0 Å². The summed E-state index contributed by atoms with van der Waals surface area (Å²) in [6.07, 6.45) is 26.5. The average Bonchev–Trinajstić information content (AvgIpc) is 2.76. The molecule has 1 N–H and O–H groups in total. The first-order chi connectivity index (χ1) is 15.8. The van der Waals surface area contributed by atoms with Crippen LogP contribution in [0, 0.1) is 5.92 Å². The minimum atomic E-state index is 0.182. The number of rotatable bonds is 20. The molecule has 0 bridgehead atoms. The molecule has 0 rings (SSSR count). The van der Waals surface area contributed by atoms with E-state index in [2.05, 4.69) is 66.9 Å². The van der Waals surface area contributed by atoms with E-state index in [1.807, 2.05) is 6.92 Å². The van der Waals surface area contributed by atoms with Crippen molar-refractivity contribution in [2.75, 3.05) is 0 Å². The van der Waals surface area contributed by atoms with Gasteiger partial charge in [0.15, 0.2) is 0 Å². The number of hydrogen-bond acceptors (Lipinski definition) is 1. The van der Waals surface area contributed by atoms with Crippen LogP contribution in [0.1, 0.15) is 171 Å². The van der Waals surface area contributed by atoms with Crippen LogP contribution in [0.2, 0.25) is 0 Å². The Morgan fingerprint density at radius 2 is 1.06 bits per heavy atom. The van der Waals surface area contributed by atoms with Crippen LogP contribution in [0.25, 0.3) is 0 Å². The van der Waals surface area contributed by atoms with Crippen molar-refractivity contribution < 1.29 is 0 Å². The second-order valence-electron chi connectivity index (χ2n) is 10.6. The van der Waals surface area contributed by atoms with Crippen LogP contribution in [0.5, 0.6) is 0 Å². The van der Waals surface area contributed by atoms with E-state index in [1.54, 1.807) is 6.08 Å². The van der Waals surface area contributed by atoms with Crippen molar-refractivity contribution in [1.82, 2.24) is 5.32 Å². The zero-order valence-corrected chi connectivity index (χ0v) is 24.8. The van der Waals surface area contributed by atoms with Crippen LogP contribution in [0.4, 0.5) is 0 Å². The van der Waals surface area contributed by atoms with Gasteiger partial charge in [0.2, 0.25) is 0 Å². The molecule has 0 aliphatic carbocycles. The molecule has 33 heavy (non-hydrogen) atoms. The largest absolute Gasteiger partial charge is 0.384 e. The van der Waals surface area contributed by atoms with Gasteiger partial charge in [-0.05, 0) is 39.5 Å². The van der Waals surface area contributed by atoms with Crippen LogP contribution >= 0.6 is 0 Å². The summed E-state index contributed by atoms with van der Waals surface area (Å²) in [6, 6.07) is 0. The molecule has 0 radical (unpaired) electrons. The van der Waals surface area contributed by atoms with Crippen LogP contribution < -0.4 is 5.32 Å². The van der Waals surface area contributed by atoms with Gasteiger partial charge in [-0.15, -0.1) is 6.58 Å². The first-order valence-corrected chi connectivity index (χ1v) is 14.8. The van der Waals surface area contributed by atoms with E-state index in [4.69, 9.17) is 0 Å². The highest BCUT2D eigenvalue weighted by Crippen LogP contribution is 2.25. The Balaban J connectivity index is -0.00000134. The molecule has 0 aromatic heterocycles. The van der Waals surface area contributed by atoms with Gasteiger partial charge in [-0.2, -0.15) is 0 Å². The Morgan fingerprint density at radius 3 is 1.42 bits per heavy atom. The average molecular weight is 466 g/mol. The molecule has 0 spiro atoms. The summed E-state index contributed by atoms with van der Waals surface area (Å²) in [6.45, 7) is 25.3.